The first kappa shape index (κ1) is 13.0. The molecule has 0 N–H and O–H groups in total. The standard InChI is InChI=1S/C17H12N2O2/c20-19(21)17(13-6-2-1-3-7-13)12-14-10-11-18-16-9-5-4-8-15(14)16/h1-12H. The quantitative estimate of drug-likeness (QED) is 0.536. The van der Waals surface area contributed by atoms with Crippen molar-refractivity contribution in [2.75, 3.05) is 0 Å². The van der Waals surface area contributed by atoms with Gasteiger partial charge in [-0.05, 0) is 29.8 Å². The lowest BCUT2D eigenvalue weighted by molar-refractivity contribution is -0.374. The van der Waals surface area contributed by atoms with E-state index in [1.54, 1.807) is 42.6 Å². The van der Waals surface area contributed by atoms with Crippen LogP contribution in [0, 0.1) is 10.1 Å². The predicted molar refractivity (Wildman–Crippen MR) is 83.1 cm³/mol. The molecule has 0 amide bonds. The van der Waals surface area contributed by atoms with Crippen molar-refractivity contribution in [2.45, 2.75) is 0 Å². The summed E-state index contributed by atoms with van der Waals surface area (Å²) in [6, 6.07) is 18.3. The van der Waals surface area contributed by atoms with Crippen LogP contribution >= 0.6 is 0 Å². The van der Waals surface area contributed by atoms with Crippen LogP contribution in [-0.2, 0) is 0 Å². The molecule has 1 aromatic heterocycles. The number of para-hydroxylation sites is 1. The van der Waals surface area contributed by atoms with Gasteiger partial charge in [-0.3, -0.25) is 15.1 Å². The Morgan fingerprint density at radius 2 is 1.71 bits per heavy atom. The fraction of sp³-hybridized carbons (Fsp3) is 0. The number of benzene rings is 2. The van der Waals surface area contributed by atoms with Gasteiger partial charge in [-0.2, -0.15) is 0 Å². The van der Waals surface area contributed by atoms with Crippen molar-refractivity contribution in [2.24, 2.45) is 0 Å². The zero-order chi connectivity index (χ0) is 14.7. The Morgan fingerprint density at radius 1 is 1.00 bits per heavy atom. The van der Waals surface area contributed by atoms with Crippen molar-refractivity contribution in [3.05, 3.63) is 88.1 Å². The van der Waals surface area contributed by atoms with E-state index in [-0.39, 0.29) is 10.6 Å². The molecule has 0 fully saturated rings. The molecular formula is C17H12N2O2. The van der Waals surface area contributed by atoms with Crippen molar-refractivity contribution in [1.82, 2.24) is 4.98 Å². The molecule has 0 bridgehead atoms. The molecule has 0 radical (unpaired) electrons. The van der Waals surface area contributed by atoms with E-state index in [1.807, 2.05) is 30.3 Å². The second kappa shape index (κ2) is 5.54. The van der Waals surface area contributed by atoms with Crippen LogP contribution in [0.5, 0.6) is 0 Å². The Labute approximate surface area is 121 Å². The van der Waals surface area contributed by atoms with Gasteiger partial charge in [0.1, 0.15) is 0 Å². The number of hydrogen-bond acceptors (Lipinski definition) is 3. The van der Waals surface area contributed by atoms with Crippen molar-refractivity contribution in [1.29, 1.82) is 0 Å². The average molecular weight is 276 g/mol. The van der Waals surface area contributed by atoms with Crippen LogP contribution in [0.3, 0.4) is 0 Å². The number of aromatic nitrogens is 1. The summed E-state index contributed by atoms with van der Waals surface area (Å²) >= 11 is 0. The van der Waals surface area contributed by atoms with Gasteiger partial charge in [-0.15, -0.1) is 0 Å². The third kappa shape index (κ3) is 2.65. The monoisotopic (exact) mass is 276 g/mol. The summed E-state index contributed by atoms with van der Waals surface area (Å²) in [5.41, 5.74) is 2.27. The van der Waals surface area contributed by atoms with Gasteiger partial charge < -0.3 is 0 Å². The Balaban J connectivity index is 2.19. The van der Waals surface area contributed by atoms with Gasteiger partial charge in [0.15, 0.2) is 0 Å². The van der Waals surface area contributed by atoms with Gasteiger partial charge in [-0.1, -0.05) is 36.4 Å². The highest BCUT2D eigenvalue weighted by atomic mass is 16.6. The molecule has 1 heterocycles. The highest BCUT2D eigenvalue weighted by Gasteiger charge is 2.14. The zero-order valence-corrected chi connectivity index (χ0v) is 11.1. The largest absolute Gasteiger partial charge is 0.277 e. The second-order valence-corrected chi connectivity index (χ2v) is 4.57. The molecule has 0 saturated carbocycles. The molecular weight excluding hydrogens is 264 g/mol. The van der Waals surface area contributed by atoms with Gasteiger partial charge >= 0.3 is 0 Å². The lowest BCUT2D eigenvalue weighted by Gasteiger charge is -2.02. The Morgan fingerprint density at radius 3 is 2.48 bits per heavy atom. The van der Waals surface area contributed by atoms with E-state index in [4.69, 9.17) is 0 Å². The SMILES string of the molecule is O=[N+]([O-])C(=Cc1ccnc2ccccc12)c1ccccc1. The van der Waals surface area contributed by atoms with Gasteiger partial charge in [-0.25, -0.2) is 0 Å². The minimum atomic E-state index is -0.357. The van der Waals surface area contributed by atoms with E-state index >= 15 is 0 Å². The van der Waals surface area contributed by atoms with E-state index in [2.05, 4.69) is 4.98 Å². The Kier molecular flexibility index (Phi) is 3.43. The number of hydrogen-bond donors (Lipinski definition) is 0. The molecule has 2 aromatic carbocycles. The molecule has 0 aliphatic rings. The summed E-state index contributed by atoms with van der Waals surface area (Å²) < 4.78 is 0. The normalized spacial score (nSPS) is 11.5. The predicted octanol–water partition coefficient (Wildman–Crippen LogP) is 4.01. The molecule has 3 rings (SSSR count). The van der Waals surface area contributed by atoms with Crippen molar-refractivity contribution < 1.29 is 4.92 Å². The van der Waals surface area contributed by atoms with E-state index < -0.39 is 0 Å². The summed E-state index contributed by atoms with van der Waals surface area (Å²) in [6.07, 6.45) is 3.26. The molecule has 0 aliphatic heterocycles. The summed E-state index contributed by atoms with van der Waals surface area (Å²) in [7, 11) is 0. The highest BCUT2D eigenvalue weighted by molar-refractivity contribution is 5.91. The topological polar surface area (TPSA) is 56.0 Å². The number of nitro groups is 1. The minimum Gasteiger partial charge on any atom is -0.258 e. The number of pyridine rings is 1. The minimum absolute atomic E-state index is 0.0759. The smallest absolute Gasteiger partial charge is 0.258 e. The fourth-order valence-electron chi connectivity index (χ4n) is 2.24. The highest BCUT2D eigenvalue weighted by Crippen LogP contribution is 2.23. The van der Waals surface area contributed by atoms with E-state index in [0.717, 1.165) is 16.5 Å². The Bertz CT molecular complexity index is 821. The number of fused-ring (bicyclic) bond motifs is 1. The molecule has 0 aliphatic carbocycles. The van der Waals surface area contributed by atoms with Gasteiger partial charge in [0, 0.05) is 17.7 Å². The molecule has 0 atom stereocenters. The van der Waals surface area contributed by atoms with Crippen molar-refractivity contribution in [3.8, 4) is 0 Å². The molecule has 0 spiro atoms. The lowest BCUT2D eigenvalue weighted by atomic mass is 10.1. The third-order valence-electron chi connectivity index (χ3n) is 3.24. The summed E-state index contributed by atoms with van der Waals surface area (Å²) in [6.45, 7) is 0. The molecule has 4 heteroatoms. The molecule has 0 unspecified atom stereocenters. The van der Waals surface area contributed by atoms with Crippen LogP contribution in [-0.4, -0.2) is 9.91 Å². The summed E-state index contributed by atoms with van der Waals surface area (Å²) in [5, 5.41) is 12.3. The molecule has 3 aromatic rings. The first-order valence-corrected chi connectivity index (χ1v) is 6.51. The zero-order valence-electron chi connectivity index (χ0n) is 11.1. The second-order valence-electron chi connectivity index (χ2n) is 4.57. The molecule has 102 valence electrons. The van der Waals surface area contributed by atoms with Gasteiger partial charge in [0.2, 0.25) is 0 Å². The van der Waals surface area contributed by atoms with Gasteiger partial charge in [0.05, 0.1) is 16.0 Å². The van der Waals surface area contributed by atoms with Crippen molar-refractivity contribution >= 4 is 22.7 Å². The van der Waals surface area contributed by atoms with Crippen molar-refractivity contribution in [3.63, 3.8) is 0 Å². The fourth-order valence-corrected chi connectivity index (χ4v) is 2.24. The van der Waals surface area contributed by atoms with E-state index in [1.165, 1.54) is 0 Å². The van der Waals surface area contributed by atoms with Crippen LogP contribution < -0.4 is 0 Å². The van der Waals surface area contributed by atoms with Crippen LogP contribution in [0.4, 0.5) is 0 Å². The number of rotatable bonds is 3. The first-order valence-electron chi connectivity index (χ1n) is 6.51. The maximum absolute atomic E-state index is 11.4. The van der Waals surface area contributed by atoms with Crippen LogP contribution in [0.1, 0.15) is 11.1 Å². The lowest BCUT2D eigenvalue weighted by Crippen LogP contribution is -1.97. The number of nitrogens with zero attached hydrogens (tertiary/aromatic N) is 2. The van der Waals surface area contributed by atoms with E-state index in [0.29, 0.717) is 5.56 Å². The summed E-state index contributed by atoms with van der Waals surface area (Å²) in [5.74, 6) is 0. The third-order valence-corrected chi connectivity index (χ3v) is 3.24. The molecule has 21 heavy (non-hydrogen) atoms. The summed E-state index contributed by atoms with van der Waals surface area (Å²) in [4.78, 5) is 15.3. The van der Waals surface area contributed by atoms with Crippen LogP contribution in [0.25, 0.3) is 22.7 Å². The molecule has 4 nitrogen and oxygen atoms in total. The first-order chi connectivity index (χ1) is 10.3. The van der Waals surface area contributed by atoms with E-state index in [9.17, 15) is 10.1 Å². The maximum Gasteiger partial charge on any atom is 0.277 e. The average Bonchev–Trinajstić information content (AvgIpc) is 2.53. The van der Waals surface area contributed by atoms with Gasteiger partial charge in [0.25, 0.3) is 5.70 Å². The van der Waals surface area contributed by atoms with Crippen LogP contribution in [0.15, 0.2) is 66.9 Å². The molecule has 0 saturated heterocycles. The maximum atomic E-state index is 11.4. The van der Waals surface area contributed by atoms with Crippen LogP contribution in [0.2, 0.25) is 0 Å². The Hall–Kier alpha value is -3.01.